The van der Waals surface area contributed by atoms with Crippen molar-refractivity contribution in [2.75, 3.05) is 54.4 Å². The Bertz CT molecular complexity index is 875. The van der Waals surface area contributed by atoms with E-state index in [0.717, 1.165) is 55.7 Å². The number of fused-ring (bicyclic) bond motifs is 3. The van der Waals surface area contributed by atoms with Crippen molar-refractivity contribution in [1.29, 1.82) is 0 Å². The summed E-state index contributed by atoms with van der Waals surface area (Å²) in [4.78, 5) is 32.3. The van der Waals surface area contributed by atoms with Crippen LogP contribution in [0.2, 0.25) is 0 Å². The van der Waals surface area contributed by atoms with Crippen molar-refractivity contribution >= 4 is 11.7 Å². The maximum absolute atomic E-state index is 13.3. The second kappa shape index (κ2) is 9.33. The van der Waals surface area contributed by atoms with Gasteiger partial charge in [-0.1, -0.05) is 30.3 Å². The molecule has 1 amide bonds. The second-order valence-corrected chi connectivity index (χ2v) is 8.24. The summed E-state index contributed by atoms with van der Waals surface area (Å²) in [5.41, 5.74) is 3.84. The summed E-state index contributed by atoms with van der Waals surface area (Å²) in [6.07, 6.45) is 1.85. The predicted molar refractivity (Wildman–Crippen MR) is 118 cm³/mol. The van der Waals surface area contributed by atoms with Gasteiger partial charge in [0, 0.05) is 29.8 Å². The van der Waals surface area contributed by atoms with Crippen LogP contribution in [0.3, 0.4) is 0 Å². The zero-order valence-corrected chi connectivity index (χ0v) is 17.9. The van der Waals surface area contributed by atoms with Gasteiger partial charge in [-0.15, -0.1) is 0 Å². The number of benzene rings is 2. The second-order valence-electron chi connectivity index (χ2n) is 8.24. The first-order chi connectivity index (χ1) is 13.9. The molecule has 0 saturated heterocycles. The van der Waals surface area contributed by atoms with Crippen LogP contribution in [-0.2, 0) is 0 Å². The minimum Gasteiger partial charge on any atom is -0.339 e. The van der Waals surface area contributed by atoms with E-state index in [9.17, 15) is 9.59 Å². The van der Waals surface area contributed by atoms with Gasteiger partial charge in [0.25, 0.3) is 5.91 Å². The number of hydrogen-bond donors (Lipinski definition) is 0. The van der Waals surface area contributed by atoms with Gasteiger partial charge in [0.2, 0.25) is 0 Å². The molecular weight excluding hydrogens is 362 g/mol. The highest BCUT2D eigenvalue weighted by molar-refractivity contribution is 6.22. The Morgan fingerprint density at radius 2 is 1.28 bits per heavy atom. The zero-order valence-electron chi connectivity index (χ0n) is 17.9. The standard InChI is InChI=1S/C24H31N3O2/c1-25(2)13-7-15-27(16-8-14-26(3)4)24(29)18-11-12-20-19-9-5-6-10-21(19)23(28)22(20)17-18/h5-6,9-12,17H,7-8,13-16H2,1-4H3. The molecule has 1 aliphatic rings. The summed E-state index contributed by atoms with van der Waals surface area (Å²) in [5, 5.41) is 0. The highest BCUT2D eigenvalue weighted by Crippen LogP contribution is 2.36. The third kappa shape index (κ3) is 4.92. The van der Waals surface area contributed by atoms with Crippen molar-refractivity contribution in [3.63, 3.8) is 0 Å². The molecule has 2 aromatic rings. The molecule has 3 rings (SSSR count). The van der Waals surface area contributed by atoms with E-state index in [0.29, 0.717) is 11.1 Å². The molecule has 29 heavy (non-hydrogen) atoms. The SMILES string of the molecule is CN(C)CCCN(CCCN(C)C)C(=O)c1ccc2c(c1)C(=O)c1ccccc1-2. The van der Waals surface area contributed by atoms with Crippen molar-refractivity contribution in [2.24, 2.45) is 0 Å². The van der Waals surface area contributed by atoms with E-state index in [-0.39, 0.29) is 11.7 Å². The van der Waals surface area contributed by atoms with Crippen molar-refractivity contribution in [3.8, 4) is 11.1 Å². The predicted octanol–water partition coefficient (Wildman–Crippen LogP) is 3.24. The Hall–Kier alpha value is -2.50. The van der Waals surface area contributed by atoms with Crippen molar-refractivity contribution in [2.45, 2.75) is 12.8 Å². The molecule has 0 unspecified atom stereocenters. The van der Waals surface area contributed by atoms with Gasteiger partial charge < -0.3 is 14.7 Å². The topological polar surface area (TPSA) is 43.9 Å². The maximum Gasteiger partial charge on any atom is 0.253 e. The van der Waals surface area contributed by atoms with E-state index < -0.39 is 0 Å². The van der Waals surface area contributed by atoms with Crippen LogP contribution < -0.4 is 0 Å². The third-order valence-corrected chi connectivity index (χ3v) is 5.33. The van der Waals surface area contributed by atoms with E-state index >= 15 is 0 Å². The molecule has 0 aromatic heterocycles. The fraction of sp³-hybridized carbons (Fsp3) is 0.417. The zero-order chi connectivity index (χ0) is 21.0. The fourth-order valence-electron chi connectivity index (χ4n) is 3.81. The molecule has 0 saturated carbocycles. The fourth-order valence-corrected chi connectivity index (χ4v) is 3.81. The van der Waals surface area contributed by atoms with E-state index in [1.54, 1.807) is 6.07 Å². The molecule has 0 radical (unpaired) electrons. The molecule has 0 N–H and O–H groups in total. The Morgan fingerprint density at radius 3 is 1.86 bits per heavy atom. The molecule has 5 nitrogen and oxygen atoms in total. The van der Waals surface area contributed by atoms with Crippen LogP contribution in [0.1, 0.15) is 39.1 Å². The molecule has 0 spiro atoms. The first-order valence-corrected chi connectivity index (χ1v) is 10.3. The van der Waals surface area contributed by atoms with Gasteiger partial charge in [0.1, 0.15) is 0 Å². The molecular formula is C24H31N3O2. The van der Waals surface area contributed by atoms with Crippen LogP contribution in [0.25, 0.3) is 11.1 Å². The highest BCUT2D eigenvalue weighted by atomic mass is 16.2. The molecule has 5 heteroatoms. The smallest absolute Gasteiger partial charge is 0.253 e. The monoisotopic (exact) mass is 393 g/mol. The minimum atomic E-state index is 0.00840. The molecule has 0 aliphatic heterocycles. The van der Waals surface area contributed by atoms with Gasteiger partial charge in [0.05, 0.1) is 0 Å². The van der Waals surface area contributed by atoms with Crippen LogP contribution >= 0.6 is 0 Å². The quantitative estimate of drug-likeness (QED) is 0.560. The third-order valence-electron chi connectivity index (χ3n) is 5.33. The summed E-state index contributed by atoms with van der Waals surface area (Å²) < 4.78 is 0. The van der Waals surface area contributed by atoms with Crippen LogP contribution in [0.15, 0.2) is 42.5 Å². The number of ketones is 1. The lowest BCUT2D eigenvalue weighted by atomic mass is 10.0. The van der Waals surface area contributed by atoms with Gasteiger partial charge in [-0.05, 0) is 77.4 Å². The number of rotatable bonds is 9. The first kappa shape index (κ1) is 21.2. The molecule has 154 valence electrons. The summed E-state index contributed by atoms with van der Waals surface area (Å²) in [5.74, 6) is 0.0195. The number of amides is 1. The molecule has 2 aromatic carbocycles. The molecule has 0 heterocycles. The molecule has 1 aliphatic carbocycles. The van der Waals surface area contributed by atoms with E-state index in [1.807, 2.05) is 69.5 Å². The van der Waals surface area contributed by atoms with Gasteiger partial charge in [-0.3, -0.25) is 9.59 Å². The molecule has 0 atom stereocenters. The van der Waals surface area contributed by atoms with Crippen LogP contribution in [0.5, 0.6) is 0 Å². The number of hydrogen-bond acceptors (Lipinski definition) is 4. The van der Waals surface area contributed by atoms with Crippen molar-refractivity contribution in [1.82, 2.24) is 14.7 Å². The lowest BCUT2D eigenvalue weighted by Gasteiger charge is -2.24. The summed E-state index contributed by atoms with van der Waals surface area (Å²) >= 11 is 0. The Kier molecular flexibility index (Phi) is 6.83. The van der Waals surface area contributed by atoms with E-state index in [4.69, 9.17) is 0 Å². The Morgan fingerprint density at radius 1 is 0.724 bits per heavy atom. The van der Waals surface area contributed by atoms with Crippen LogP contribution in [0, 0.1) is 0 Å². The van der Waals surface area contributed by atoms with Crippen molar-refractivity contribution < 1.29 is 9.59 Å². The summed E-state index contributed by atoms with van der Waals surface area (Å²) in [6, 6.07) is 13.2. The van der Waals surface area contributed by atoms with Crippen molar-refractivity contribution in [3.05, 3.63) is 59.2 Å². The lowest BCUT2D eigenvalue weighted by molar-refractivity contribution is 0.0744. The number of carbonyl (C=O) groups excluding carboxylic acids is 2. The summed E-state index contributed by atoms with van der Waals surface area (Å²) in [6.45, 7) is 3.32. The van der Waals surface area contributed by atoms with Crippen LogP contribution in [-0.4, -0.2) is 80.8 Å². The molecule has 0 bridgehead atoms. The van der Waals surface area contributed by atoms with Crippen LogP contribution in [0.4, 0.5) is 0 Å². The summed E-state index contributed by atoms with van der Waals surface area (Å²) in [7, 11) is 8.17. The first-order valence-electron chi connectivity index (χ1n) is 10.3. The largest absolute Gasteiger partial charge is 0.339 e. The van der Waals surface area contributed by atoms with Gasteiger partial charge in [0.15, 0.2) is 5.78 Å². The Labute approximate surface area is 173 Å². The maximum atomic E-state index is 13.3. The van der Waals surface area contributed by atoms with E-state index in [2.05, 4.69) is 9.80 Å². The average molecular weight is 394 g/mol. The van der Waals surface area contributed by atoms with Gasteiger partial charge in [-0.2, -0.15) is 0 Å². The average Bonchev–Trinajstić information content (AvgIpc) is 2.98. The Balaban J connectivity index is 1.79. The van der Waals surface area contributed by atoms with Gasteiger partial charge >= 0.3 is 0 Å². The normalized spacial score (nSPS) is 12.4. The lowest BCUT2D eigenvalue weighted by Crippen LogP contribution is -2.35. The number of carbonyl (C=O) groups is 2. The highest BCUT2D eigenvalue weighted by Gasteiger charge is 2.27. The van der Waals surface area contributed by atoms with E-state index in [1.165, 1.54) is 0 Å². The number of nitrogens with zero attached hydrogens (tertiary/aromatic N) is 3. The minimum absolute atomic E-state index is 0.00840. The van der Waals surface area contributed by atoms with Gasteiger partial charge in [-0.25, -0.2) is 0 Å². The molecule has 0 fully saturated rings.